The SMILES string of the molecule is C=CCCCN(C)C(=O)c1cc(N)c(C)s1. The molecule has 0 aromatic carbocycles. The lowest BCUT2D eigenvalue weighted by Gasteiger charge is -2.15. The number of aryl methyl sites for hydroxylation is 1. The number of allylic oxidation sites excluding steroid dienone is 1. The van der Waals surface area contributed by atoms with Crippen molar-refractivity contribution < 1.29 is 4.79 Å². The summed E-state index contributed by atoms with van der Waals surface area (Å²) >= 11 is 1.45. The quantitative estimate of drug-likeness (QED) is 0.633. The van der Waals surface area contributed by atoms with E-state index in [1.807, 2.05) is 20.0 Å². The van der Waals surface area contributed by atoms with E-state index in [2.05, 4.69) is 6.58 Å². The highest BCUT2D eigenvalue weighted by Gasteiger charge is 2.14. The van der Waals surface area contributed by atoms with Crippen LogP contribution in [0.25, 0.3) is 0 Å². The Morgan fingerprint density at radius 3 is 2.88 bits per heavy atom. The van der Waals surface area contributed by atoms with Crippen LogP contribution in [-0.2, 0) is 0 Å². The molecular weight excluding hydrogens is 220 g/mol. The maximum Gasteiger partial charge on any atom is 0.263 e. The molecule has 4 heteroatoms. The van der Waals surface area contributed by atoms with E-state index in [0.717, 1.165) is 29.1 Å². The number of unbranched alkanes of at least 4 members (excludes halogenated alkanes) is 1. The third-order valence-corrected chi connectivity index (χ3v) is 3.47. The van der Waals surface area contributed by atoms with E-state index in [-0.39, 0.29) is 5.91 Å². The first-order valence-corrected chi connectivity index (χ1v) is 6.10. The number of nitrogen functional groups attached to an aromatic ring is 1. The molecule has 0 saturated carbocycles. The molecule has 0 aliphatic rings. The van der Waals surface area contributed by atoms with E-state index in [1.54, 1.807) is 11.0 Å². The molecule has 0 bridgehead atoms. The number of carbonyl (C=O) groups is 1. The van der Waals surface area contributed by atoms with Crippen molar-refractivity contribution >= 4 is 22.9 Å². The number of carbonyl (C=O) groups excluding carboxylic acids is 1. The van der Waals surface area contributed by atoms with E-state index in [4.69, 9.17) is 5.73 Å². The van der Waals surface area contributed by atoms with Gasteiger partial charge in [0, 0.05) is 24.2 Å². The number of amides is 1. The molecule has 1 rings (SSSR count). The summed E-state index contributed by atoms with van der Waals surface area (Å²) in [6, 6.07) is 1.76. The molecule has 1 heterocycles. The minimum Gasteiger partial charge on any atom is -0.398 e. The van der Waals surface area contributed by atoms with E-state index in [1.165, 1.54) is 11.3 Å². The number of thiophene rings is 1. The lowest BCUT2D eigenvalue weighted by atomic mass is 10.3. The Kier molecular flexibility index (Phi) is 4.55. The van der Waals surface area contributed by atoms with Crippen LogP contribution < -0.4 is 5.73 Å². The molecule has 0 aliphatic carbocycles. The number of nitrogens with zero attached hydrogens (tertiary/aromatic N) is 1. The fourth-order valence-electron chi connectivity index (χ4n) is 1.36. The number of anilines is 1. The van der Waals surface area contributed by atoms with Crippen LogP contribution in [0.4, 0.5) is 5.69 Å². The van der Waals surface area contributed by atoms with Crippen LogP contribution in [0.3, 0.4) is 0 Å². The number of hydrogen-bond acceptors (Lipinski definition) is 3. The maximum absolute atomic E-state index is 12.0. The molecule has 3 nitrogen and oxygen atoms in total. The Labute approximate surface area is 101 Å². The van der Waals surface area contributed by atoms with Crippen LogP contribution in [-0.4, -0.2) is 24.4 Å². The third kappa shape index (κ3) is 3.10. The predicted octanol–water partition coefficient (Wildman–Crippen LogP) is 2.68. The van der Waals surface area contributed by atoms with Crippen LogP contribution in [0.2, 0.25) is 0 Å². The average Bonchev–Trinajstić information content (AvgIpc) is 2.58. The van der Waals surface area contributed by atoms with Gasteiger partial charge in [-0.25, -0.2) is 0 Å². The zero-order valence-corrected chi connectivity index (χ0v) is 10.6. The molecule has 1 amide bonds. The Morgan fingerprint density at radius 2 is 2.38 bits per heavy atom. The summed E-state index contributed by atoms with van der Waals surface area (Å²) in [5, 5.41) is 0. The molecule has 0 fully saturated rings. The smallest absolute Gasteiger partial charge is 0.263 e. The van der Waals surface area contributed by atoms with Crippen molar-refractivity contribution in [2.75, 3.05) is 19.3 Å². The number of rotatable bonds is 5. The molecule has 1 aromatic heterocycles. The summed E-state index contributed by atoms with van der Waals surface area (Å²) in [5.74, 6) is 0.0499. The van der Waals surface area contributed by atoms with E-state index in [0.29, 0.717) is 5.69 Å². The van der Waals surface area contributed by atoms with Gasteiger partial charge >= 0.3 is 0 Å². The molecule has 0 saturated heterocycles. The van der Waals surface area contributed by atoms with Gasteiger partial charge in [0.1, 0.15) is 0 Å². The first kappa shape index (κ1) is 12.8. The van der Waals surface area contributed by atoms with Crippen molar-refractivity contribution in [3.05, 3.63) is 28.5 Å². The minimum absolute atomic E-state index is 0.0499. The second-order valence-electron chi connectivity index (χ2n) is 3.78. The first-order valence-electron chi connectivity index (χ1n) is 5.28. The normalized spacial score (nSPS) is 10.1. The van der Waals surface area contributed by atoms with Gasteiger partial charge in [0.2, 0.25) is 0 Å². The van der Waals surface area contributed by atoms with Crippen molar-refractivity contribution in [2.45, 2.75) is 19.8 Å². The van der Waals surface area contributed by atoms with Crippen molar-refractivity contribution in [3.8, 4) is 0 Å². The van der Waals surface area contributed by atoms with E-state index >= 15 is 0 Å². The van der Waals surface area contributed by atoms with Crippen molar-refractivity contribution in [2.24, 2.45) is 0 Å². The largest absolute Gasteiger partial charge is 0.398 e. The van der Waals surface area contributed by atoms with Crippen molar-refractivity contribution in [3.63, 3.8) is 0 Å². The standard InChI is InChI=1S/C12H18N2OS/c1-4-5-6-7-14(3)12(15)11-8-10(13)9(2)16-11/h4,8H,1,5-7,13H2,2-3H3. The van der Waals surface area contributed by atoms with Crippen LogP contribution in [0, 0.1) is 6.92 Å². The molecule has 0 spiro atoms. The zero-order valence-electron chi connectivity index (χ0n) is 9.82. The number of nitrogens with two attached hydrogens (primary N) is 1. The molecule has 0 radical (unpaired) electrons. The molecule has 0 aliphatic heterocycles. The fraction of sp³-hybridized carbons (Fsp3) is 0.417. The second kappa shape index (κ2) is 5.70. The minimum atomic E-state index is 0.0499. The average molecular weight is 238 g/mol. The lowest BCUT2D eigenvalue weighted by molar-refractivity contribution is 0.0798. The second-order valence-corrected chi connectivity index (χ2v) is 5.04. The molecular formula is C12H18N2OS. The van der Waals surface area contributed by atoms with Crippen LogP contribution in [0.15, 0.2) is 18.7 Å². The summed E-state index contributed by atoms with van der Waals surface area (Å²) in [4.78, 5) is 15.4. The Bertz CT molecular complexity index is 365. The van der Waals surface area contributed by atoms with Gasteiger partial charge in [-0.2, -0.15) is 0 Å². The molecule has 1 aromatic rings. The summed E-state index contributed by atoms with van der Waals surface area (Å²) in [6.07, 6.45) is 3.75. The van der Waals surface area contributed by atoms with Crippen LogP contribution >= 0.6 is 11.3 Å². The highest BCUT2D eigenvalue weighted by Crippen LogP contribution is 2.24. The Morgan fingerprint density at radius 1 is 1.69 bits per heavy atom. The van der Waals surface area contributed by atoms with Crippen LogP contribution in [0.1, 0.15) is 27.4 Å². The van der Waals surface area contributed by atoms with E-state index in [9.17, 15) is 4.79 Å². The summed E-state index contributed by atoms with van der Waals surface area (Å²) in [7, 11) is 1.82. The Hall–Kier alpha value is -1.29. The monoisotopic (exact) mass is 238 g/mol. The molecule has 0 unspecified atom stereocenters. The van der Waals surface area contributed by atoms with E-state index < -0.39 is 0 Å². The van der Waals surface area contributed by atoms with Gasteiger partial charge in [0.05, 0.1) is 4.88 Å². The Balaban J connectivity index is 2.59. The molecule has 16 heavy (non-hydrogen) atoms. The summed E-state index contributed by atoms with van der Waals surface area (Å²) in [5.41, 5.74) is 6.43. The van der Waals surface area contributed by atoms with Gasteiger partial charge in [-0.1, -0.05) is 6.08 Å². The third-order valence-electron chi connectivity index (χ3n) is 2.42. The summed E-state index contributed by atoms with van der Waals surface area (Å²) in [6.45, 7) is 6.33. The topological polar surface area (TPSA) is 46.3 Å². The zero-order chi connectivity index (χ0) is 12.1. The van der Waals surface area contributed by atoms with Crippen molar-refractivity contribution in [1.29, 1.82) is 0 Å². The van der Waals surface area contributed by atoms with Gasteiger partial charge in [0.15, 0.2) is 0 Å². The highest BCUT2D eigenvalue weighted by molar-refractivity contribution is 7.14. The van der Waals surface area contributed by atoms with Gasteiger partial charge in [-0.3, -0.25) is 4.79 Å². The first-order chi connectivity index (χ1) is 7.56. The molecule has 2 N–H and O–H groups in total. The fourth-order valence-corrected chi connectivity index (χ4v) is 2.30. The van der Waals surface area contributed by atoms with Gasteiger partial charge in [-0.05, 0) is 25.8 Å². The molecule has 0 atom stereocenters. The lowest BCUT2D eigenvalue weighted by Crippen LogP contribution is -2.26. The van der Waals surface area contributed by atoms with Crippen LogP contribution in [0.5, 0.6) is 0 Å². The number of hydrogen-bond donors (Lipinski definition) is 1. The van der Waals surface area contributed by atoms with Crippen molar-refractivity contribution in [1.82, 2.24) is 4.90 Å². The maximum atomic E-state index is 12.0. The van der Waals surface area contributed by atoms with Gasteiger partial charge in [0.25, 0.3) is 5.91 Å². The highest BCUT2D eigenvalue weighted by atomic mass is 32.1. The molecule has 88 valence electrons. The van der Waals surface area contributed by atoms with Gasteiger partial charge in [-0.15, -0.1) is 17.9 Å². The predicted molar refractivity (Wildman–Crippen MR) is 69.9 cm³/mol. The van der Waals surface area contributed by atoms with Gasteiger partial charge < -0.3 is 10.6 Å². The summed E-state index contributed by atoms with van der Waals surface area (Å²) < 4.78 is 0.